The Morgan fingerprint density at radius 2 is 2.11 bits per heavy atom. The van der Waals surface area contributed by atoms with Gasteiger partial charge in [-0.1, -0.05) is 19.1 Å². The van der Waals surface area contributed by atoms with Crippen LogP contribution in [0.5, 0.6) is 0 Å². The molecule has 5 heteroatoms. The van der Waals surface area contributed by atoms with Crippen LogP contribution in [0.2, 0.25) is 0 Å². The number of hydrogen-bond donors (Lipinski definition) is 1. The first-order chi connectivity index (χ1) is 8.96. The SMILES string of the molecule is CCS(=O)(=O)CCCC(Cc1cccc(F)c1)NC. The highest BCUT2D eigenvalue weighted by atomic mass is 32.2. The zero-order valence-electron chi connectivity index (χ0n) is 11.5. The molecule has 0 aliphatic rings. The van der Waals surface area contributed by atoms with Gasteiger partial charge in [-0.15, -0.1) is 0 Å². The molecule has 108 valence electrons. The zero-order valence-corrected chi connectivity index (χ0v) is 12.3. The fraction of sp³-hybridized carbons (Fsp3) is 0.571. The van der Waals surface area contributed by atoms with Gasteiger partial charge in [-0.25, -0.2) is 12.8 Å². The molecule has 0 aliphatic heterocycles. The number of likely N-dealkylation sites (N-methyl/N-ethyl adjacent to an activating group) is 1. The van der Waals surface area contributed by atoms with Crippen LogP contribution in [-0.2, 0) is 16.3 Å². The summed E-state index contributed by atoms with van der Waals surface area (Å²) >= 11 is 0. The first-order valence-electron chi connectivity index (χ1n) is 6.59. The zero-order chi connectivity index (χ0) is 14.3. The van der Waals surface area contributed by atoms with Crippen LogP contribution in [0.1, 0.15) is 25.3 Å². The third-order valence-corrected chi connectivity index (χ3v) is 5.02. The summed E-state index contributed by atoms with van der Waals surface area (Å²) in [5, 5.41) is 3.16. The second-order valence-corrected chi connectivity index (χ2v) is 7.17. The standard InChI is InChI=1S/C14H22FNO2S/c1-3-19(17,18)9-5-8-14(16-2)11-12-6-4-7-13(15)10-12/h4,6-7,10,14,16H,3,5,8-9,11H2,1-2H3. The number of rotatable bonds is 8. The highest BCUT2D eigenvalue weighted by Gasteiger charge is 2.11. The smallest absolute Gasteiger partial charge is 0.150 e. The van der Waals surface area contributed by atoms with Crippen molar-refractivity contribution in [3.05, 3.63) is 35.6 Å². The number of nitrogens with one attached hydrogen (secondary N) is 1. The second kappa shape index (κ2) is 7.60. The van der Waals surface area contributed by atoms with Crippen molar-refractivity contribution in [3.8, 4) is 0 Å². The molecule has 19 heavy (non-hydrogen) atoms. The van der Waals surface area contributed by atoms with E-state index in [-0.39, 0.29) is 23.4 Å². The third-order valence-electron chi connectivity index (χ3n) is 3.23. The van der Waals surface area contributed by atoms with E-state index in [1.165, 1.54) is 12.1 Å². The Bertz CT molecular complexity index is 488. The lowest BCUT2D eigenvalue weighted by molar-refractivity contribution is 0.509. The van der Waals surface area contributed by atoms with Crippen molar-refractivity contribution in [2.24, 2.45) is 0 Å². The summed E-state index contributed by atoms with van der Waals surface area (Å²) in [6.45, 7) is 1.66. The van der Waals surface area contributed by atoms with Crippen molar-refractivity contribution < 1.29 is 12.8 Å². The first kappa shape index (κ1) is 16.1. The van der Waals surface area contributed by atoms with Crippen LogP contribution in [0.3, 0.4) is 0 Å². The molecule has 0 saturated heterocycles. The molecule has 1 aromatic rings. The van der Waals surface area contributed by atoms with Gasteiger partial charge in [0.1, 0.15) is 15.7 Å². The Hall–Kier alpha value is -0.940. The van der Waals surface area contributed by atoms with E-state index in [1.54, 1.807) is 13.0 Å². The lowest BCUT2D eigenvalue weighted by Crippen LogP contribution is -2.28. The molecular weight excluding hydrogens is 265 g/mol. The maximum absolute atomic E-state index is 13.1. The predicted octanol–water partition coefficient (Wildman–Crippen LogP) is 2.17. The van der Waals surface area contributed by atoms with Crippen LogP contribution in [-0.4, -0.2) is 33.0 Å². The third kappa shape index (κ3) is 6.16. The van der Waals surface area contributed by atoms with E-state index in [2.05, 4.69) is 5.32 Å². The van der Waals surface area contributed by atoms with E-state index in [1.807, 2.05) is 13.1 Å². The molecule has 0 radical (unpaired) electrons. The molecule has 1 rings (SSSR count). The molecule has 0 saturated carbocycles. The van der Waals surface area contributed by atoms with Crippen LogP contribution >= 0.6 is 0 Å². The molecule has 0 aliphatic carbocycles. The van der Waals surface area contributed by atoms with Gasteiger partial charge in [-0.3, -0.25) is 0 Å². The number of hydrogen-bond acceptors (Lipinski definition) is 3. The van der Waals surface area contributed by atoms with E-state index >= 15 is 0 Å². The Kier molecular flexibility index (Phi) is 6.45. The van der Waals surface area contributed by atoms with Crippen LogP contribution in [0.25, 0.3) is 0 Å². The van der Waals surface area contributed by atoms with Crippen LogP contribution < -0.4 is 5.32 Å². The van der Waals surface area contributed by atoms with E-state index in [4.69, 9.17) is 0 Å². The molecule has 1 N–H and O–H groups in total. The van der Waals surface area contributed by atoms with E-state index in [0.29, 0.717) is 12.8 Å². The summed E-state index contributed by atoms with van der Waals surface area (Å²) in [6, 6.07) is 6.70. The lowest BCUT2D eigenvalue weighted by atomic mass is 10.0. The molecule has 0 fully saturated rings. The molecule has 0 spiro atoms. The number of benzene rings is 1. The average molecular weight is 287 g/mol. The Balaban J connectivity index is 2.46. The van der Waals surface area contributed by atoms with Gasteiger partial charge in [0, 0.05) is 11.8 Å². The van der Waals surface area contributed by atoms with Gasteiger partial charge in [0.05, 0.1) is 5.75 Å². The van der Waals surface area contributed by atoms with Gasteiger partial charge in [0.15, 0.2) is 0 Å². The van der Waals surface area contributed by atoms with E-state index in [0.717, 1.165) is 12.0 Å². The maximum atomic E-state index is 13.1. The topological polar surface area (TPSA) is 46.2 Å². The van der Waals surface area contributed by atoms with Gasteiger partial charge in [-0.2, -0.15) is 0 Å². The fourth-order valence-electron chi connectivity index (χ4n) is 1.99. The lowest BCUT2D eigenvalue weighted by Gasteiger charge is -2.16. The first-order valence-corrected chi connectivity index (χ1v) is 8.41. The summed E-state index contributed by atoms with van der Waals surface area (Å²) in [7, 11) is -1.05. The quantitative estimate of drug-likeness (QED) is 0.797. The van der Waals surface area contributed by atoms with Crippen molar-refractivity contribution in [3.63, 3.8) is 0 Å². The van der Waals surface area contributed by atoms with Crippen molar-refractivity contribution in [1.29, 1.82) is 0 Å². The van der Waals surface area contributed by atoms with Gasteiger partial charge in [0.25, 0.3) is 0 Å². The molecule has 3 nitrogen and oxygen atoms in total. The van der Waals surface area contributed by atoms with Crippen LogP contribution in [0.15, 0.2) is 24.3 Å². The van der Waals surface area contributed by atoms with E-state index in [9.17, 15) is 12.8 Å². The summed E-state index contributed by atoms with van der Waals surface area (Å²) in [4.78, 5) is 0. The summed E-state index contributed by atoms with van der Waals surface area (Å²) in [5.74, 6) is 0.187. The number of halogens is 1. The van der Waals surface area contributed by atoms with Gasteiger partial charge < -0.3 is 5.32 Å². The molecule has 1 atom stereocenters. The minimum atomic E-state index is -2.89. The molecule has 0 bridgehead atoms. The van der Waals surface area contributed by atoms with Gasteiger partial charge in [0.2, 0.25) is 0 Å². The molecule has 0 heterocycles. The Morgan fingerprint density at radius 1 is 1.37 bits per heavy atom. The highest BCUT2D eigenvalue weighted by Crippen LogP contribution is 2.10. The Morgan fingerprint density at radius 3 is 2.68 bits per heavy atom. The molecular formula is C14H22FNO2S. The molecule has 1 aromatic carbocycles. The van der Waals surface area contributed by atoms with Crippen LogP contribution in [0.4, 0.5) is 4.39 Å². The van der Waals surface area contributed by atoms with Gasteiger partial charge in [-0.05, 0) is 44.0 Å². The fourth-order valence-corrected chi connectivity index (χ4v) is 2.89. The largest absolute Gasteiger partial charge is 0.317 e. The van der Waals surface area contributed by atoms with Crippen molar-refractivity contribution in [2.45, 2.75) is 32.2 Å². The summed E-state index contributed by atoms with van der Waals surface area (Å²) in [6.07, 6.45) is 2.11. The second-order valence-electron chi connectivity index (χ2n) is 4.70. The molecule has 0 amide bonds. The van der Waals surface area contributed by atoms with Crippen molar-refractivity contribution in [2.75, 3.05) is 18.6 Å². The predicted molar refractivity (Wildman–Crippen MR) is 76.5 cm³/mol. The normalized spacial score (nSPS) is 13.4. The Labute approximate surface area is 115 Å². The van der Waals surface area contributed by atoms with Crippen LogP contribution in [0, 0.1) is 5.82 Å². The molecule has 1 unspecified atom stereocenters. The number of sulfone groups is 1. The van der Waals surface area contributed by atoms with Gasteiger partial charge >= 0.3 is 0 Å². The molecule has 0 aromatic heterocycles. The summed E-state index contributed by atoms with van der Waals surface area (Å²) in [5.41, 5.74) is 0.928. The minimum Gasteiger partial charge on any atom is -0.317 e. The average Bonchev–Trinajstić information content (AvgIpc) is 2.37. The maximum Gasteiger partial charge on any atom is 0.150 e. The summed E-state index contributed by atoms with van der Waals surface area (Å²) < 4.78 is 35.9. The van der Waals surface area contributed by atoms with E-state index < -0.39 is 9.84 Å². The minimum absolute atomic E-state index is 0.175. The monoisotopic (exact) mass is 287 g/mol. The van der Waals surface area contributed by atoms with Crippen molar-refractivity contribution in [1.82, 2.24) is 5.32 Å². The highest BCUT2D eigenvalue weighted by molar-refractivity contribution is 7.91. The van der Waals surface area contributed by atoms with Crippen molar-refractivity contribution >= 4 is 9.84 Å².